The molecule has 1 saturated heterocycles. The van der Waals surface area contributed by atoms with Gasteiger partial charge < -0.3 is 16.0 Å². The van der Waals surface area contributed by atoms with Gasteiger partial charge in [0.25, 0.3) is 5.91 Å². The van der Waals surface area contributed by atoms with Crippen LogP contribution in [-0.4, -0.2) is 39.4 Å². The van der Waals surface area contributed by atoms with Gasteiger partial charge in [0.15, 0.2) is 0 Å². The zero-order chi connectivity index (χ0) is 20.5. The van der Waals surface area contributed by atoms with Gasteiger partial charge in [0.2, 0.25) is 5.91 Å². The average Bonchev–Trinajstić information content (AvgIpc) is 3.00. The van der Waals surface area contributed by atoms with Crippen LogP contribution in [0.4, 0.5) is 11.4 Å². The molecule has 0 saturated carbocycles. The molecule has 3 N–H and O–H groups in total. The number of aromatic nitrogens is 2. The predicted molar refractivity (Wildman–Crippen MR) is 108 cm³/mol. The summed E-state index contributed by atoms with van der Waals surface area (Å²) in [6.45, 7) is 2.83. The van der Waals surface area contributed by atoms with Crippen molar-refractivity contribution >= 4 is 28.7 Å². The molecule has 8 heteroatoms. The SMILES string of the molecule is Cc1c(C(=O)N2CC(C#N)C2)cn2nccc(Nc3ccc(CC(N)=O)cc3)c12. The number of aryl methyl sites for hydroxylation is 1. The number of nitriles is 1. The summed E-state index contributed by atoms with van der Waals surface area (Å²) in [5.41, 5.74) is 9.97. The zero-order valence-corrected chi connectivity index (χ0v) is 15.9. The van der Waals surface area contributed by atoms with Gasteiger partial charge >= 0.3 is 0 Å². The van der Waals surface area contributed by atoms with Crippen LogP contribution in [0.15, 0.2) is 42.7 Å². The molecule has 1 aliphatic heterocycles. The highest BCUT2D eigenvalue weighted by molar-refractivity contribution is 6.00. The van der Waals surface area contributed by atoms with Crippen molar-refractivity contribution in [2.75, 3.05) is 18.4 Å². The first-order valence-electron chi connectivity index (χ1n) is 9.26. The minimum atomic E-state index is -0.370. The molecule has 0 unspecified atom stereocenters. The number of hydrogen-bond donors (Lipinski definition) is 2. The van der Waals surface area contributed by atoms with E-state index >= 15 is 0 Å². The van der Waals surface area contributed by atoms with Crippen LogP contribution >= 0.6 is 0 Å². The molecule has 29 heavy (non-hydrogen) atoms. The second kappa shape index (κ2) is 7.28. The maximum atomic E-state index is 12.8. The van der Waals surface area contributed by atoms with Gasteiger partial charge in [-0.2, -0.15) is 10.4 Å². The Hall–Kier alpha value is -3.86. The first-order chi connectivity index (χ1) is 14.0. The molecule has 0 radical (unpaired) electrons. The van der Waals surface area contributed by atoms with Crippen molar-refractivity contribution in [3.63, 3.8) is 0 Å². The van der Waals surface area contributed by atoms with Crippen molar-refractivity contribution in [1.29, 1.82) is 5.26 Å². The lowest BCUT2D eigenvalue weighted by Gasteiger charge is -2.35. The molecule has 1 aliphatic rings. The fraction of sp³-hybridized carbons (Fsp3) is 0.238. The molecule has 2 amide bonds. The Morgan fingerprint density at radius 3 is 2.66 bits per heavy atom. The maximum Gasteiger partial charge on any atom is 0.255 e. The van der Waals surface area contributed by atoms with E-state index in [1.807, 2.05) is 37.3 Å². The van der Waals surface area contributed by atoms with Crippen LogP contribution in [0.25, 0.3) is 5.52 Å². The van der Waals surface area contributed by atoms with E-state index in [-0.39, 0.29) is 24.2 Å². The Balaban J connectivity index is 1.61. The Kier molecular flexibility index (Phi) is 4.64. The number of primary amides is 1. The van der Waals surface area contributed by atoms with E-state index in [0.29, 0.717) is 18.7 Å². The molecule has 0 atom stereocenters. The number of rotatable bonds is 5. The zero-order valence-electron chi connectivity index (χ0n) is 15.9. The minimum Gasteiger partial charge on any atom is -0.369 e. The third-order valence-electron chi connectivity index (χ3n) is 5.12. The number of carbonyl (C=O) groups is 2. The normalized spacial score (nSPS) is 13.7. The number of anilines is 2. The summed E-state index contributed by atoms with van der Waals surface area (Å²) in [6, 6.07) is 11.5. The molecular formula is C21H20N6O2. The molecule has 3 aromatic rings. The number of nitrogens with two attached hydrogens (primary N) is 1. The van der Waals surface area contributed by atoms with Gasteiger partial charge in [-0.3, -0.25) is 9.59 Å². The highest BCUT2D eigenvalue weighted by atomic mass is 16.2. The van der Waals surface area contributed by atoms with Crippen molar-refractivity contribution in [2.24, 2.45) is 11.7 Å². The van der Waals surface area contributed by atoms with Crippen molar-refractivity contribution < 1.29 is 9.59 Å². The monoisotopic (exact) mass is 388 g/mol. The summed E-state index contributed by atoms with van der Waals surface area (Å²) >= 11 is 0. The third-order valence-corrected chi connectivity index (χ3v) is 5.12. The van der Waals surface area contributed by atoms with Gasteiger partial charge in [-0.25, -0.2) is 4.52 Å². The fourth-order valence-electron chi connectivity index (χ4n) is 3.53. The largest absolute Gasteiger partial charge is 0.369 e. The van der Waals surface area contributed by atoms with Crippen LogP contribution in [0.1, 0.15) is 21.5 Å². The van der Waals surface area contributed by atoms with E-state index in [1.165, 1.54) is 0 Å². The predicted octanol–water partition coefficient (Wildman–Crippen LogP) is 2.01. The molecule has 0 aliphatic carbocycles. The van der Waals surface area contributed by atoms with E-state index < -0.39 is 0 Å². The second-order valence-corrected chi connectivity index (χ2v) is 7.21. The molecule has 8 nitrogen and oxygen atoms in total. The lowest BCUT2D eigenvalue weighted by molar-refractivity contribution is -0.117. The molecule has 1 aromatic carbocycles. The van der Waals surface area contributed by atoms with Crippen LogP contribution in [-0.2, 0) is 11.2 Å². The summed E-state index contributed by atoms with van der Waals surface area (Å²) in [4.78, 5) is 25.5. The Morgan fingerprint density at radius 1 is 1.28 bits per heavy atom. The number of nitrogens with zero attached hydrogens (tertiary/aromatic N) is 4. The maximum absolute atomic E-state index is 12.8. The van der Waals surface area contributed by atoms with Gasteiger partial charge in [-0.05, 0) is 36.2 Å². The number of benzene rings is 1. The number of carbonyl (C=O) groups excluding carboxylic acids is 2. The summed E-state index contributed by atoms with van der Waals surface area (Å²) in [6.07, 6.45) is 3.60. The summed E-state index contributed by atoms with van der Waals surface area (Å²) in [5, 5.41) is 16.6. The van der Waals surface area contributed by atoms with E-state index in [9.17, 15) is 9.59 Å². The van der Waals surface area contributed by atoms with Crippen LogP contribution in [0, 0.1) is 24.2 Å². The van der Waals surface area contributed by atoms with Crippen LogP contribution < -0.4 is 11.1 Å². The van der Waals surface area contributed by atoms with E-state index in [1.54, 1.807) is 21.8 Å². The molecular weight excluding hydrogens is 368 g/mol. The lowest BCUT2D eigenvalue weighted by atomic mass is 10.0. The van der Waals surface area contributed by atoms with Crippen LogP contribution in [0.2, 0.25) is 0 Å². The lowest BCUT2D eigenvalue weighted by Crippen LogP contribution is -2.49. The van der Waals surface area contributed by atoms with Gasteiger partial charge in [0.1, 0.15) is 0 Å². The molecule has 146 valence electrons. The topological polar surface area (TPSA) is 117 Å². The van der Waals surface area contributed by atoms with Crippen LogP contribution in [0.3, 0.4) is 0 Å². The number of nitrogens with one attached hydrogen (secondary N) is 1. The van der Waals surface area contributed by atoms with Crippen molar-refractivity contribution in [3.8, 4) is 6.07 Å². The molecule has 0 spiro atoms. The van der Waals surface area contributed by atoms with Crippen LogP contribution in [0.5, 0.6) is 0 Å². The summed E-state index contributed by atoms with van der Waals surface area (Å²) in [7, 11) is 0. The van der Waals surface area contributed by atoms with Gasteiger partial charge in [-0.1, -0.05) is 12.1 Å². The number of hydrogen-bond acceptors (Lipinski definition) is 5. The average molecular weight is 388 g/mol. The van der Waals surface area contributed by atoms with Gasteiger partial charge in [0.05, 0.1) is 35.2 Å². The fourth-order valence-corrected chi connectivity index (χ4v) is 3.53. The standard InChI is InChI=1S/C21H20N6O2/c1-13-17(21(29)26-10-15(9-22)11-26)12-27-20(13)18(6-7-24-27)25-16-4-2-14(3-5-16)8-19(23)28/h2-7,12,15,25H,8,10-11H2,1H3,(H2,23,28). The highest BCUT2D eigenvalue weighted by Gasteiger charge is 2.32. The minimum absolute atomic E-state index is 0.0795. The smallest absolute Gasteiger partial charge is 0.255 e. The Bertz CT molecular complexity index is 1140. The molecule has 2 aromatic heterocycles. The van der Waals surface area contributed by atoms with Crippen molar-refractivity contribution in [2.45, 2.75) is 13.3 Å². The summed E-state index contributed by atoms with van der Waals surface area (Å²) < 4.78 is 1.69. The number of fused-ring (bicyclic) bond motifs is 1. The Labute approximate surface area is 167 Å². The molecule has 0 bridgehead atoms. The first-order valence-corrected chi connectivity index (χ1v) is 9.26. The van der Waals surface area contributed by atoms with Crippen molar-refractivity contribution in [3.05, 3.63) is 59.4 Å². The van der Waals surface area contributed by atoms with E-state index in [0.717, 1.165) is 28.0 Å². The number of amides is 2. The van der Waals surface area contributed by atoms with E-state index in [4.69, 9.17) is 11.0 Å². The quantitative estimate of drug-likeness (QED) is 0.693. The molecule has 1 fully saturated rings. The molecule has 4 rings (SSSR count). The van der Waals surface area contributed by atoms with Crippen molar-refractivity contribution in [1.82, 2.24) is 14.5 Å². The second-order valence-electron chi connectivity index (χ2n) is 7.21. The third kappa shape index (κ3) is 3.50. The Morgan fingerprint density at radius 2 is 2.00 bits per heavy atom. The molecule has 3 heterocycles. The van der Waals surface area contributed by atoms with Gasteiger partial charge in [-0.15, -0.1) is 0 Å². The first kappa shape index (κ1) is 18.5. The summed E-state index contributed by atoms with van der Waals surface area (Å²) in [5.74, 6) is -0.531. The van der Waals surface area contributed by atoms with Gasteiger partial charge in [0, 0.05) is 31.2 Å². The highest BCUT2D eigenvalue weighted by Crippen LogP contribution is 2.29. The number of likely N-dealkylation sites (tertiary alicyclic amines) is 1. The van der Waals surface area contributed by atoms with E-state index in [2.05, 4.69) is 16.5 Å².